The predicted octanol–water partition coefficient (Wildman–Crippen LogP) is 2.55. The summed E-state index contributed by atoms with van der Waals surface area (Å²) in [4.78, 5) is 29.9. The Bertz CT molecular complexity index is 1370. The van der Waals surface area contributed by atoms with Crippen molar-refractivity contribution in [3.63, 3.8) is 0 Å². The molecule has 0 aliphatic carbocycles. The van der Waals surface area contributed by atoms with Gasteiger partial charge in [0.1, 0.15) is 5.70 Å². The van der Waals surface area contributed by atoms with Gasteiger partial charge in [-0.15, -0.1) is 5.10 Å². The molecule has 0 unspecified atom stereocenters. The maximum Gasteiger partial charge on any atom is 0.337 e. The smallest absolute Gasteiger partial charge is 0.337 e. The highest BCUT2D eigenvalue weighted by Gasteiger charge is 2.34. The number of nitrogens with zero attached hydrogens (tertiary/aromatic N) is 3. The van der Waals surface area contributed by atoms with Crippen LogP contribution in [0.15, 0.2) is 89.0 Å². The summed E-state index contributed by atoms with van der Waals surface area (Å²) in [6.07, 6.45) is -0.542. The molecule has 0 bridgehead atoms. The summed E-state index contributed by atoms with van der Waals surface area (Å²) >= 11 is 1.46. The largest absolute Gasteiger partial charge is 0.465 e. The number of nitrogens with one attached hydrogen (secondary N) is 1. The minimum absolute atomic E-state index is 0.223. The van der Waals surface area contributed by atoms with Crippen LogP contribution in [0.5, 0.6) is 0 Å². The van der Waals surface area contributed by atoms with Gasteiger partial charge in [-0.05, 0) is 29.3 Å². The number of carbonyl (C=O) groups excluding carboxylic acids is 2. The second kappa shape index (κ2) is 8.91. The molecule has 0 fully saturated rings. The summed E-state index contributed by atoms with van der Waals surface area (Å²) in [7, 11) is 1.35. The summed E-state index contributed by atoms with van der Waals surface area (Å²) in [6, 6.07) is 24.5. The Balaban J connectivity index is 1.54. The van der Waals surface area contributed by atoms with E-state index in [4.69, 9.17) is 14.8 Å². The molecule has 164 valence electrons. The fourth-order valence-corrected chi connectivity index (χ4v) is 4.55. The van der Waals surface area contributed by atoms with Crippen molar-refractivity contribution in [2.45, 2.75) is 11.9 Å². The highest BCUT2D eigenvalue weighted by molar-refractivity contribution is 8.13. The molecule has 2 heterocycles. The molecule has 3 aromatic carbocycles. The quantitative estimate of drug-likeness (QED) is 0.610. The highest BCUT2D eigenvalue weighted by Crippen LogP contribution is 2.31. The number of hydrogen-bond acceptors (Lipinski definition) is 7. The first-order valence-electron chi connectivity index (χ1n) is 10.4. The molecule has 5 rings (SSSR count). The van der Waals surface area contributed by atoms with Gasteiger partial charge in [0.05, 0.1) is 18.0 Å². The number of methoxy groups -OCH3 is 1. The van der Waals surface area contributed by atoms with E-state index in [9.17, 15) is 9.59 Å². The molecule has 0 saturated heterocycles. The second-order valence-electron chi connectivity index (χ2n) is 7.46. The summed E-state index contributed by atoms with van der Waals surface area (Å²) < 4.78 is 4.79. The van der Waals surface area contributed by atoms with Crippen LogP contribution < -0.4 is 15.9 Å². The van der Waals surface area contributed by atoms with Crippen LogP contribution in [0.2, 0.25) is 0 Å². The van der Waals surface area contributed by atoms with Gasteiger partial charge < -0.3 is 4.74 Å². The second-order valence-corrected chi connectivity index (χ2v) is 8.42. The third-order valence-corrected chi connectivity index (χ3v) is 6.30. The van der Waals surface area contributed by atoms with Gasteiger partial charge in [-0.2, -0.15) is 0 Å². The van der Waals surface area contributed by atoms with E-state index in [0.717, 1.165) is 21.7 Å². The van der Waals surface area contributed by atoms with E-state index in [1.54, 1.807) is 17.1 Å². The normalized spacial score (nSPS) is 16.7. The van der Waals surface area contributed by atoms with Crippen molar-refractivity contribution in [2.75, 3.05) is 7.11 Å². The minimum Gasteiger partial charge on any atom is -0.465 e. The Morgan fingerprint density at radius 2 is 1.76 bits per heavy atom. The molecule has 0 saturated carbocycles. The van der Waals surface area contributed by atoms with Gasteiger partial charge in [0.25, 0.3) is 5.91 Å². The number of esters is 1. The molecular weight excluding hydrogens is 436 g/mol. The van der Waals surface area contributed by atoms with Crippen molar-refractivity contribution in [3.8, 4) is 0 Å². The Morgan fingerprint density at radius 1 is 1.03 bits per heavy atom. The molecule has 2 aliphatic heterocycles. The maximum atomic E-state index is 13.2. The summed E-state index contributed by atoms with van der Waals surface area (Å²) in [5, 5.41) is 11.3. The number of hydrogen-bond donors (Lipinski definition) is 1. The number of thioether (sulfide) groups is 1. The van der Waals surface area contributed by atoms with Gasteiger partial charge >= 0.3 is 5.97 Å². The monoisotopic (exact) mass is 456 g/mol. The molecule has 0 radical (unpaired) electrons. The van der Waals surface area contributed by atoms with Gasteiger partial charge in [-0.1, -0.05) is 72.4 Å². The van der Waals surface area contributed by atoms with Crippen LogP contribution in [0.1, 0.15) is 27.7 Å². The van der Waals surface area contributed by atoms with Gasteiger partial charge in [0.2, 0.25) is 0 Å². The van der Waals surface area contributed by atoms with E-state index in [1.807, 2.05) is 66.7 Å². The van der Waals surface area contributed by atoms with Crippen LogP contribution in [0, 0.1) is 0 Å². The zero-order valence-electron chi connectivity index (χ0n) is 17.8. The average molecular weight is 457 g/mol. The summed E-state index contributed by atoms with van der Waals surface area (Å²) in [6.45, 7) is 0. The molecular formula is C25H20N4O3S. The maximum absolute atomic E-state index is 13.2. The van der Waals surface area contributed by atoms with E-state index in [2.05, 4.69) is 5.32 Å². The lowest BCUT2D eigenvalue weighted by molar-refractivity contribution is -0.116. The van der Waals surface area contributed by atoms with Crippen molar-refractivity contribution < 1.29 is 14.3 Å². The zero-order valence-corrected chi connectivity index (χ0v) is 18.6. The third kappa shape index (κ3) is 4.12. The van der Waals surface area contributed by atoms with Crippen molar-refractivity contribution in [2.24, 2.45) is 10.1 Å². The Labute approximate surface area is 194 Å². The lowest BCUT2D eigenvalue weighted by Crippen LogP contribution is -2.50. The van der Waals surface area contributed by atoms with Crippen LogP contribution in [-0.4, -0.2) is 29.2 Å². The number of fused-ring (bicyclic) bond motifs is 2. The molecule has 0 spiro atoms. The van der Waals surface area contributed by atoms with Crippen LogP contribution in [-0.2, 0) is 15.3 Å². The molecule has 3 aromatic rings. The minimum atomic E-state index is -0.542. The van der Waals surface area contributed by atoms with Crippen molar-refractivity contribution in [1.82, 2.24) is 10.3 Å². The molecule has 1 atom stereocenters. The van der Waals surface area contributed by atoms with Crippen LogP contribution in [0.3, 0.4) is 0 Å². The number of amidine groups is 1. The molecule has 33 heavy (non-hydrogen) atoms. The first-order valence-corrected chi connectivity index (χ1v) is 11.3. The zero-order chi connectivity index (χ0) is 22.8. The van der Waals surface area contributed by atoms with E-state index < -0.39 is 12.1 Å². The number of ether oxygens (including phenoxy) is 1. The third-order valence-electron chi connectivity index (χ3n) is 5.36. The Morgan fingerprint density at radius 3 is 2.52 bits per heavy atom. The fourth-order valence-electron chi connectivity index (χ4n) is 3.74. The van der Waals surface area contributed by atoms with Crippen molar-refractivity contribution in [1.29, 1.82) is 0 Å². The van der Waals surface area contributed by atoms with Crippen LogP contribution in [0.25, 0.3) is 5.70 Å². The standard InChI is InChI=1S/C25H20N4O3S/c1-32-24(31)18-13-11-17(12-14-18)22-26-20-10-6-5-9-19(20)21-23(30)27-25(28-29(21)22)33-15-16-7-3-2-4-8-16/h2-14,22H,15H2,1H3,(H,27,28,30)/t22-/m1/s1. The lowest BCUT2D eigenvalue weighted by atomic mass is 10.1. The lowest BCUT2D eigenvalue weighted by Gasteiger charge is -2.34. The topological polar surface area (TPSA) is 83.4 Å². The Kier molecular flexibility index (Phi) is 5.66. The molecule has 2 aliphatic rings. The average Bonchev–Trinajstić information content (AvgIpc) is 2.87. The summed E-state index contributed by atoms with van der Waals surface area (Å²) in [5.74, 6) is 0.0452. The number of para-hydroxylation sites is 1. The molecule has 1 amide bonds. The van der Waals surface area contributed by atoms with Gasteiger partial charge in [0.15, 0.2) is 11.3 Å². The SMILES string of the molecule is COC(=O)c1ccc([C@@H]2N=c3ccccc3=C3C(=O)NC(SCc4ccccc4)=NN32)cc1. The number of hydrazone groups is 1. The van der Waals surface area contributed by atoms with Crippen molar-refractivity contribution in [3.05, 3.63) is 106 Å². The number of rotatable bonds is 4. The fraction of sp³-hybridized carbons (Fsp3) is 0.120. The highest BCUT2D eigenvalue weighted by atomic mass is 32.2. The molecule has 8 heteroatoms. The van der Waals surface area contributed by atoms with E-state index in [-0.39, 0.29) is 5.91 Å². The first kappa shape index (κ1) is 21.0. The number of benzene rings is 3. The van der Waals surface area contributed by atoms with E-state index >= 15 is 0 Å². The number of amides is 1. The molecule has 7 nitrogen and oxygen atoms in total. The molecule has 1 N–H and O–H groups in total. The number of carbonyl (C=O) groups is 2. The van der Waals surface area contributed by atoms with Gasteiger partial charge in [-0.3, -0.25) is 15.1 Å². The van der Waals surface area contributed by atoms with Crippen molar-refractivity contribution >= 4 is 34.5 Å². The van der Waals surface area contributed by atoms with E-state index in [0.29, 0.717) is 22.2 Å². The van der Waals surface area contributed by atoms with Crippen LogP contribution >= 0.6 is 11.8 Å². The summed E-state index contributed by atoms with van der Waals surface area (Å²) in [5.41, 5.74) is 2.84. The van der Waals surface area contributed by atoms with Crippen LogP contribution in [0.4, 0.5) is 0 Å². The Hall–Kier alpha value is -3.91. The first-order chi connectivity index (χ1) is 16.1. The molecule has 0 aromatic heterocycles. The van der Waals surface area contributed by atoms with E-state index in [1.165, 1.54) is 18.9 Å². The van der Waals surface area contributed by atoms with Gasteiger partial charge in [-0.25, -0.2) is 9.80 Å². The predicted molar refractivity (Wildman–Crippen MR) is 126 cm³/mol. The van der Waals surface area contributed by atoms with Gasteiger partial charge in [0, 0.05) is 11.0 Å².